The standard InChI is InChI=1S/C10H19NO4/c1-7(2)15-4-3-11-6-8(12)5-9(11)10(13)14/h7-9,12H,3-6H2,1-2H3,(H,13,14). The highest BCUT2D eigenvalue weighted by Crippen LogP contribution is 2.17. The molecule has 1 heterocycles. The molecule has 2 N–H and O–H groups in total. The molecule has 0 aromatic carbocycles. The van der Waals surface area contributed by atoms with Crippen LogP contribution in [0.25, 0.3) is 0 Å². The third kappa shape index (κ3) is 3.77. The summed E-state index contributed by atoms with van der Waals surface area (Å²) in [7, 11) is 0. The van der Waals surface area contributed by atoms with Gasteiger partial charge in [-0.2, -0.15) is 0 Å². The molecule has 15 heavy (non-hydrogen) atoms. The molecule has 0 saturated carbocycles. The van der Waals surface area contributed by atoms with Gasteiger partial charge in [0.1, 0.15) is 6.04 Å². The van der Waals surface area contributed by atoms with E-state index in [1.54, 1.807) is 4.90 Å². The number of nitrogens with zero attached hydrogens (tertiary/aromatic N) is 1. The Bertz CT molecular complexity index is 219. The topological polar surface area (TPSA) is 70.0 Å². The lowest BCUT2D eigenvalue weighted by Gasteiger charge is -2.21. The highest BCUT2D eigenvalue weighted by Gasteiger charge is 2.35. The fourth-order valence-electron chi connectivity index (χ4n) is 1.79. The average Bonchev–Trinajstić information content (AvgIpc) is 2.46. The van der Waals surface area contributed by atoms with E-state index in [9.17, 15) is 9.90 Å². The minimum Gasteiger partial charge on any atom is -0.480 e. The van der Waals surface area contributed by atoms with E-state index in [2.05, 4.69) is 0 Å². The van der Waals surface area contributed by atoms with Crippen molar-refractivity contribution in [3.05, 3.63) is 0 Å². The Labute approximate surface area is 89.6 Å². The summed E-state index contributed by atoms with van der Waals surface area (Å²) in [6.07, 6.45) is -0.0530. The number of hydrogen-bond donors (Lipinski definition) is 2. The predicted molar refractivity (Wildman–Crippen MR) is 54.7 cm³/mol. The molecule has 0 radical (unpaired) electrons. The van der Waals surface area contributed by atoms with Crippen molar-refractivity contribution in [3.8, 4) is 0 Å². The zero-order chi connectivity index (χ0) is 11.4. The molecular formula is C10H19NO4. The van der Waals surface area contributed by atoms with E-state index in [4.69, 9.17) is 9.84 Å². The zero-order valence-electron chi connectivity index (χ0n) is 9.22. The lowest BCUT2D eigenvalue weighted by Crippen LogP contribution is -2.38. The SMILES string of the molecule is CC(C)OCCN1CC(O)CC1C(=O)O. The molecule has 88 valence electrons. The van der Waals surface area contributed by atoms with Crippen LogP contribution < -0.4 is 0 Å². The summed E-state index contributed by atoms with van der Waals surface area (Å²) in [5.41, 5.74) is 0. The van der Waals surface area contributed by atoms with Crippen molar-refractivity contribution in [2.45, 2.75) is 38.5 Å². The smallest absolute Gasteiger partial charge is 0.321 e. The van der Waals surface area contributed by atoms with E-state index in [-0.39, 0.29) is 6.10 Å². The van der Waals surface area contributed by atoms with Crippen molar-refractivity contribution in [1.29, 1.82) is 0 Å². The minimum atomic E-state index is -0.865. The summed E-state index contributed by atoms with van der Waals surface area (Å²) in [5.74, 6) is -0.865. The van der Waals surface area contributed by atoms with Crippen molar-refractivity contribution >= 4 is 5.97 Å². The van der Waals surface area contributed by atoms with Gasteiger partial charge >= 0.3 is 5.97 Å². The van der Waals surface area contributed by atoms with Gasteiger partial charge < -0.3 is 14.9 Å². The molecule has 5 heteroatoms. The number of aliphatic hydroxyl groups is 1. The predicted octanol–water partition coefficient (Wildman–Crippen LogP) is -0.0688. The molecule has 1 rings (SSSR count). The van der Waals surface area contributed by atoms with Crippen LogP contribution in [0.3, 0.4) is 0 Å². The molecule has 1 aliphatic rings. The number of carbonyl (C=O) groups is 1. The van der Waals surface area contributed by atoms with E-state index in [1.165, 1.54) is 0 Å². The molecule has 0 aliphatic carbocycles. The lowest BCUT2D eigenvalue weighted by molar-refractivity contribution is -0.142. The second kappa shape index (κ2) is 5.44. The summed E-state index contributed by atoms with van der Waals surface area (Å²) in [5, 5.41) is 18.3. The van der Waals surface area contributed by atoms with Crippen LogP contribution in [0.4, 0.5) is 0 Å². The first-order chi connectivity index (χ1) is 7.00. The molecule has 1 saturated heterocycles. The maximum Gasteiger partial charge on any atom is 0.321 e. The van der Waals surface area contributed by atoms with Gasteiger partial charge in [0.2, 0.25) is 0 Å². The highest BCUT2D eigenvalue weighted by molar-refractivity contribution is 5.74. The fourth-order valence-corrected chi connectivity index (χ4v) is 1.79. The Hall–Kier alpha value is -0.650. The molecular weight excluding hydrogens is 198 g/mol. The lowest BCUT2D eigenvalue weighted by atomic mass is 10.2. The first-order valence-electron chi connectivity index (χ1n) is 5.27. The molecule has 2 atom stereocenters. The molecule has 5 nitrogen and oxygen atoms in total. The normalized spacial score (nSPS) is 27.5. The van der Waals surface area contributed by atoms with E-state index in [0.717, 1.165) is 0 Å². The number of aliphatic hydroxyl groups excluding tert-OH is 1. The van der Waals surface area contributed by atoms with Crippen LogP contribution in [0.1, 0.15) is 20.3 Å². The summed E-state index contributed by atoms with van der Waals surface area (Å²) in [6.45, 7) is 5.37. The van der Waals surface area contributed by atoms with Gasteiger partial charge in [0.25, 0.3) is 0 Å². The molecule has 0 amide bonds. The van der Waals surface area contributed by atoms with Crippen molar-refractivity contribution in [1.82, 2.24) is 4.90 Å². The van der Waals surface area contributed by atoms with Crippen LogP contribution in [0, 0.1) is 0 Å². The van der Waals surface area contributed by atoms with Gasteiger partial charge in [0.05, 0.1) is 18.8 Å². The van der Waals surface area contributed by atoms with Crippen LogP contribution in [-0.2, 0) is 9.53 Å². The summed E-state index contributed by atoms with van der Waals surface area (Å²) < 4.78 is 5.35. The average molecular weight is 217 g/mol. The molecule has 0 aromatic heterocycles. The van der Waals surface area contributed by atoms with Crippen molar-refractivity contribution in [2.75, 3.05) is 19.7 Å². The van der Waals surface area contributed by atoms with Gasteiger partial charge in [-0.15, -0.1) is 0 Å². The molecule has 1 fully saturated rings. The Morgan fingerprint density at radius 1 is 1.60 bits per heavy atom. The number of β-amino-alcohol motifs (C(OH)–C–C–N with tert-alkyl or cyclic N) is 1. The Kier molecular flexibility index (Phi) is 4.50. The van der Waals surface area contributed by atoms with Crippen LogP contribution in [0.15, 0.2) is 0 Å². The van der Waals surface area contributed by atoms with Crippen LogP contribution in [0.2, 0.25) is 0 Å². The molecule has 2 unspecified atom stereocenters. The molecule has 1 aliphatic heterocycles. The summed E-state index contributed by atoms with van der Waals surface area (Å²) in [4.78, 5) is 12.6. The third-order valence-electron chi connectivity index (χ3n) is 2.50. The zero-order valence-corrected chi connectivity index (χ0v) is 9.22. The number of carboxylic acids is 1. The Morgan fingerprint density at radius 2 is 2.27 bits per heavy atom. The highest BCUT2D eigenvalue weighted by atomic mass is 16.5. The number of hydrogen-bond acceptors (Lipinski definition) is 4. The van der Waals surface area contributed by atoms with E-state index in [0.29, 0.717) is 26.1 Å². The maximum atomic E-state index is 10.9. The minimum absolute atomic E-state index is 0.154. The summed E-state index contributed by atoms with van der Waals surface area (Å²) in [6, 6.07) is -0.559. The van der Waals surface area contributed by atoms with Crippen molar-refractivity contribution in [2.24, 2.45) is 0 Å². The molecule has 0 aromatic rings. The van der Waals surface area contributed by atoms with Crippen molar-refractivity contribution < 1.29 is 19.7 Å². The van der Waals surface area contributed by atoms with Gasteiger partial charge in [-0.3, -0.25) is 9.69 Å². The van der Waals surface area contributed by atoms with Crippen LogP contribution >= 0.6 is 0 Å². The van der Waals surface area contributed by atoms with Crippen LogP contribution in [0.5, 0.6) is 0 Å². The second-order valence-corrected chi connectivity index (χ2v) is 4.16. The monoisotopic (exact) mass is 217 g/mol. The van der Waals surface area contributed by atoms with Gasteiger partial charge in [0.15, 0.2) is 0 Å². The largest absolute Gasteiger partial charge is 0.480 e. The Morgan fingerprint density at radius 3 is 2.80 bits per heavy atom. The van der Waals surface area contributed by atoms with Gasteiger partial charge in [-0.1, -0.05) is 0 Å². The van der Waals surface area contributed by atoms with Crippen molar-refractivity contribution in [3.63, 3.8) is 0 Å². The Balaban J connectivity index is 2.35. The number of carboxylic acid groups (broad SMARTS) is 1. The quantitative estimate of drug-likeness (QED) is 0.674. The van der Waals surface area contributed by atoms with Gasteiger partial charge in [-0.05, 0) is 13.8 Å². The molecule has 0 spiro atoms. The van der Waals surface area contributed by atoms with E-state index in [1.807, 2.05) is 13.8 Å². The van der Waals surface area contributed by atoms with Gasteiger partial charge in [-0.25, -0.2) is 0 Å². The number of rotatable bonds is 5. The number of likely N-dealkylation sites (tertiary alicyclic amines) is 1. The maximum absolute atomic E-state index is 10.9. The fraction of sp³-hybridized carbons (Fsp3) is 0.900. The first-order valence-corrected chi connectivity index (χ1v) is 5.27. The first kappa shape index (κ1) is 12.4. The second-order valence-electron chi connectivity index (χ2n) is 4.16. The van der Waals surface area contributed by atoms with Gasteiger partial charge in [0, 0.05) is 19.5 Å². The third-order valence-corrected chi connectivity index (χ3v) is 2.50. The van der Waals surface area contributed by atoms with E-state index < -0.39 is 18.1 Å². The number of aliphatic carboxylic acids is 1. The molecule has 0 bridgehead atoms. The number of ether oxygens (including phenoxy) is 1. The van der Waals surface area contributed by atoms with Crippen LogP contribution in [-0.4, -0.2) is 59.0 Å². The van der Waals surface area contributed by atoms with E-state index >= 15 is 0 Å². The summed E-state index contributed by atoms with van der Waals surface area (Å²) >= 11 is 0.